The maximum absolute atomic E-state index is 13.9. The number of para-hydroxylation sites is 2. The average Bonchev–Trinajstić information content (AvgIpc) is 3.66. The van der Waals surface area contributed by atoms with Crippen LogP contribution in [0.2, 0.25) is 0 Å². The molecule has 224 valence electrons. The van der Waals surface area contributed by atoms with Gasteiger partial charge in [-0.15, -0.1) is 0 Å². The Bertz CT molecular complexity index is 2580. The quantitative estimate of drug-likeness (QED) is 0.193. The van der Waals surface area contributed by atoms with Crippen molar-refractivity contribution in [3.05, 3.63) is 169 Å². The number of hydrogen-bond acceptors (Lipinski definition) is 2. The van der Waals surface area contributed by atoms with Gasteiger partial charge in [-0.3, -0.25) is 0 Å². The molecule has 0 amide bonds. The Kier molecular flexibility index (Phi) is 6.18. The third-order valence-corrected chi connectivity index (χ3v) is 8.92. The molecule has 2 heterocycles. The summed E-state index contributed by atoms with van der Waals surface area (Å²) < 4.78 is 36.0. The molecule has 0 spiro atoms. The van der Waals surface area contributed by atoms with Crippen LogP contribution in [-0.4, -0.2) is 4.57 Å². The number of aromatic nitrogens is 1. The van der Waals surface area contributed by atoms with Gasteiger partial charge in [-0.05, 0) is 102 Å². The van der Waals surface area contributed by atoms with E-state index < -0.39 is 0 Å². The molecule has 0 aliphatic heterocycles. The van der Waals surface area contributed by atoms with Crippen molar-refractivity contribution in [2.24, 2.45) is 0 Å². The fourth-order valence-corrected chi connectivity index (χ4v) is 6.78. The number of rotatable bonds is 5. The molecule has 3 nitrogen and oxygen atoms in total. The van der Waals surface area contributed by atoms with Crippen molar-refractivity contribution < 1.29 is 13.2 Å². The largest absolute Gasteiger partial charge is 0.456 e. The normalized spacial score (nSPS) is 11.6. The van der Waals surface area contributed by atoms with Gasteiger partial charge in [-0.2, -0.15) is 0 Å². The minimum Gasteiger partial charge on any atom is -0.456 e. The maximum atomic E-state index is 13.9. The summed E-state index contributed by atoms with van der Waals surface area (Å²) >= 11 is 0. The Morgan fingerprint density at radius 3 is 1.83 bits per heavy atom. The molecule has 9 aromatic rings. The van der Waals surface area contributed by atoms with Crippen LogP contribution in [0.15, 0.2) is 162 Å². The van der Waals surface area contributed by atoms with Crippen LogP contribution in [0.5, 0.6) is 0 Å². The molecular weight excluding hydrogens is 586 g/mol. The second-order valence-corrected chi connectivity index (χ2v) is 11.7. The first-order chi connectivity index (χ1) is 23.1. The average molecular weight is 613 g/mol. The first kappa shape index (κ1) is 27.1. The van der Waals surface area contributed by atoms with Gasteiger partial charge in [0, 0.05) is 33.2 Å². The lowest BCUT2D eigenvalue weighted by molar-refractivity contribution is 0.627. The van der Waals surface area contributed by atoms with Crippen LogP contribution in [0, 0.1) is 11.6 Å². The highest BCUT2D eigenvalue weighted by atomic mass is 19.1. The molecule has 0 fully saturated rings. The predicted molar refractivity (Wildman–Crippen MR) is 188 cm³/mol. The van der Waals surface area contributed by atoms with Crippen LogP contribution in [0.4, 0.5) is 25.8 Å². The Morgan fingerprint density at radius 2 is 1.06 bits per heavy atom. The number of furan rings is 1. The summed E-state index contributed by atoms with van der Waals surface area (Å²) in [5.74, 6) is -0.521. The molecule has 0 unspecified atom stereocenters. The molecule has 0 aliphatic carbocycles. The van der Waals surface area contributed by atoms with Crippen molar-refractivity contribution in [2.45, 2.75) is 0 Å². The molecule has 0 saturated heterocycles. The fourth-order valence-electron chi connectivity index (χ4n) is 6.78. The maximum Gasteiger partial charge on any atom is 0.137 e. The monoisotopic (exact) mass is 612 g/mol. The highest BCUT2D eigenvalue weighted by Gasteiger charge is 2.21. The first-order valence-electron chi connectivity index (χ1n) is 15.5. The summed E-state index contributed by atoms with van der Waals surface area (Å²) in [6.45, 7) is 0. The molecular formula is C42H26F2N2O. The predicted octanol–water partition coefficient (Wildman–Crippen LogP) is 12.1. The van der Waals surface area contributed by atoms with Gasteiger partial charge in [0.25, 0.3) is 0 Å². The van der Waals surface area contributed by atoms with Crippen molar-refractivity contribution in [3.63, 3.8) is 0 Å². The van der Waals surface area contributed by atoms with E-state index in [1.165, 1.54) is 24.3 Å². The summed E-state index contributed by atoms with van der Waals surface area (Å²) in [5, 5.41) is 4.26. The standard InChI is InChI=1S/C42H26F2N2O/c43-29-16-12-27(13-17-29)28-14-20-31(21-15-28)45(39-9-5-11-41-42(39)35-7-2-4-10-40(35)47-41)33-24-25-38-36(26-33)34-6-1-3-8-37(34)46(38)32-22-18-30(44)19-23-32/h1-26H. The van der Waals surface area contributed by atoms with Crippen LogP contribution in [-0.2, 0) is 0 Å². The third-order valence-electron chi connectivity index (χ3n) is 8.92. The molecule has 0 atom stereocenters. The van der Waals surface area contributed by atoms with E-state index in [-0.39, 0.29) is 11.6 Å². The molecule has 0 saturated carbocycles. The highest BCUT2D eigenvalue weighted by Crippen LogP contribution is 2.44. The molecule has 47 heavy (non-hydrogen) atoms. The van der Waals surface area contributed by atoms with Crippen LogP contribution < -0.4 is 4.90 Å². The van der Waals surface area contributed by atoms with Crippen LogP contribution >= 0.6 is 0 Å². The van der Waals surface area contributed by atoms with Gasteiger partial charge in [-0.1, -0.05) is 66.7 Å². The molecule has 0 N–H and O–H groups in total. The highest BCUT2D eigenvalue weighted by molar-refractivity contribution is 6.14. The number of anilines is 3. The van der Waals surface area contributed by atoms with E-state index in [0.29, 0.717) is 0 Å². The Balaban J connectivity index is 1.28. The zero-order valence-electron chi connectivity index (χ0n) is 25.1. The van der Waals surface area contributed by atoms with Gasteiger partial charge < -0.3 is 13.9 Å². The Hall–Kier alpha value is -6.20. The van der Waals surface area contributed by atoms with Crippen LogP contribution in [0.1, 0.15) is 0 Å². The van der Waals surface area contributed by atoms with Crippen molar-refractivity contribution in [1.29, 1.82) is 0 Å². The molecule has 7 aromatic carbocycles. The Labute approximate surface area is 269 Å². The first-order valence-corrected chi connectivity index (χ1v) is 15.5. The second-order valence-electron chi connectivity index (χ2n) is 11.7. The van der Waals surface area contributed by atoms with E-state index in [9.17, 15) is 8.78 Å². The molecule has 0 bridgehead atoms. The summed E-state index contributed by atoms with van der Waals surface area (Å²) in [6.07, 6.45) is 0. The minimum absolute atomic E-state index is 0.256. The zero-order chi connectivity index (χ0) is 31.5. The molecule has 0 radical (unpaired) electrons. The number of benzene rings is 7. The molecule has 5 heteroatoms. The topological polar surface area (TPSA) is 21.3 Å². The van der Waals surface area contributed by atoms with E-state index in [2.05, 4.69) is 76.2 Å². The summed E-state index contributed by atoms with van der Waals surface area (Å²) in [6, 6.07) is 50.6. The molecule has 2 aromatic heterocycles. The second kappa shape index (κ2) is 10.7. The van der Waals surface area contributed by atoms with Gasteiger partial charge in [0.2, 0.25) is 0 Å². The fraction of sp³-hybridized carbons (Fsp3) is 0. The SMILES string of the molecule is Fc1ccc(-c2ccc(N(c3ccc4c(c3)c3ccccc3n4-c3ccc(F)cc3)c3cccc4oc5ccccc5c34)cc2)cc1. The number of fused-ring (bicyclic) bond motifs is 6. The molecule has 0 aliphatic rings. The zero-order valence-corrected chi connectivity index (χ0v) is 25.1. The van der Waals surface area contributed by atoms with E-state index in [1.807, 2.05) is 54.6 Å². The summed E-state index contributed by atoms with van der Waals surface area (Å²) in [4.78, 5) is 2.27. The lowest BCUT2D eigenvalue weighted by Gasteiger charge is -2.26. The lowest BCUT2D eigenvalue weighted by atomic mass is 10.0. The van der Waals surface area contributed by atoms with Gasteiger partial charge in [0.1, 0.15) is 22.8 Å². The minimum atomic E-state index is -0.265. The number of hydrogen-bond donors (Lipinski definition) is 0. The summed E-state index contributed by atoms with van der Waals surface area (Å²) in [7, 11) is 0. The number of nitrogens with zero attached hydrogens (tertiary/aromatic N) is 2. The smallest absolute Gasteiger partial charge is 0.137 e. The van der Waals surface area contributed by atoms with Crippen molar-refractivity contribution in [2.75, 3.05) is 4.90 Å². The third kappa shape index (κ3) is 4.47. The lowest BCUT2D eigenvalue weighted by Crippen LogP contribution is -2.10. The van der Waals surface area contributed by atoms with Gasteiger partial charge in [-0.25, -0.2) is 8.78 Å². The van der Waals surface area contributed by atoms with Gasteiger partial charge >= 0.3 is 0 Å². The van der Waals surface area contributed by atoms with Gasteiger partial charge in [0.15, 0.2) is 0 Å². The van der Waals surface area contributed by atoms with Crippen LogP contribution in [0.3, 0.4) is 0 Å². The van der Waals surface area contributed by atoms with Crippen molar-refractivity contribution in [3.8, 4) is 16.8 Å². The van der Waals surface area contributed by atoms with Crippen molar-refractivity contribution in [1.82, 2.24) is 4.57 Å². The Morgan fingerprint density at radius 1 is 0.468 bits per heavy atom. The van der Waals surface area contributed by atoms with E-state index in [4.69, 9.17) is 4.42 Å². The van der Waals surface area contributed by atoms with Crippen LogP contribution in [0.25, 0.3) is 60.6 Å². The van der Waals surface area contributed by atoms with E-state index >= 15 is 0 Å². The summed E-state index contributed by atoms with van der Waals surface area (Å²) in [5.41, 5.74) is 9.49. The van der Waals surface area contributed by atoms with Crippen molar-refractivity contribution >= 4 is 60.8 Å². The molecule has 9 rings (SSSR count). The number of halogens is 2. The van der Waals surface area contributed by atoms with Gasteiger partial charge in [0.05, 0.1) is 22.1 Å². The van der Waals surface area contributed by atoms with E-state index in [0.717, 1.165) is 77.6 Å². The van der Waals surface area contributed by atoms with E-state index in [1.54, 1.807) is 12.1 Å².